The number of hydrogen-bond acceptors (Lipinski definition) is 4. The number of aromatic nitrogens is 1. The number of thioether (sulfide) groups is 1. The van der Waals surface area contributed by atoms with Crippen molar-refractivity contribution in [1.29, 1.82) is 0 Å². The molecular weight excluding hydrogens is 389 g/mol. The second-order valence-electron chi connectivity index (χ2n) is 5.65. The SMILES string of the molecule is O=C(NCc1ccc(Oc2cccc(F)c2)nc1)c1ccc(SC(F)F)cc1. The van der Waals surface area contributed by atoms with Crippen LogP contribution in [0.25, 0.3) is 0 Å². The largest absolute Gasteiger partial charge is 0.439 e. The van der Waals surface area contributed by atoms with Crippen LogP contribution in [0.3, 0.4) is 0 Å². The van der Waals surface area contributed by atoms with Crippen molar-refractivity contribution in [2.75, 3.05) is 0 Å². The maximum atomic E-state index is 13.2. The number of alkyl halides is 2. The Labute approximate surface area is 163 Å². The second-order valence-corrected chi connectivity index (χ2v) is 6.71. The van der Waals surface area contributed by atoms with E-state index in [1.165, 1.54) is 48.7 Å². The van der Waals surface area contributed by atoms with E-state index >= 15 is 0 Å². The molecule has 0 radical (unpaired) electrons. The zero-order chi connectivity index (χ0) is 19.9. The Morgan fingerprint density at radius 1 is 1.11 bits per heavy atom. The molecule has 0 aliphatic rings. The Bertz CT molecular complexity index is 935. The van der Waals surface area contributed by atoms with Crippen LogP contribution in [-0.4, -0.2) is 16.6 Å². The Balaban J connectivity index is 1.53. The molecule has 1 aromatic heterocycles. The van der Waals surface area contributed by atoms with Crippen molar-refractivity contribution < 1.29 is 22.7 Å². The summed E-state index contributed by atoms with van der Waals surface area (Å²) < 4.78 is 43.2. The minimum atomic E-state index is -2.50. The molecule has 0 saturated heterocycles. The maximum absolute atomic E-state index is 13.2. The molecule has 1 heterocycles. The van der Waals surface area contributed by atoms with Gasteiger partial charge in [0.1, 0.15) is 11.6 Å². The molecule has 3 rings (SSSR count). The topological polar surface area (TPSA) is 51.2 Å². The lowest BCUT2D eigenvalue weighted by Crippen LogP contribution is -2.22. The normalized spacial score (nSPS) is 10.7. The number of hydrogen-bond donors (Lipinski definition) is 1. The predicted octanol–water partition coefficient (Wildman–Crippen LogP) is 5.26. The Morgan fingerprint density at radius 3 is 2.54 bits per heavy atom. The highest BCUT2D eigenvalue weighted by Gasteiger charge is 2.09. The van der Waals surface area contributed by atoms with Crippen molar-refractivity contribution in [2.45, 2.75) is 17.2 Å². The minimum absolute atomic E-state index is 0.236. The van der Waals surface area contributed by atoms with Crippen LogP contribution in [0.5, 0.6) is 11.6 Å². The summed E-state index contributed by atoms with van der Waals surface area (Å²) in [6.45, 7) is 0.236. The molecule has 1 amide bonds. The lowest BCUT2D eigenvalue weighted by atomic mass is 10.2. The van der Waals surface area contributed by atoms with Crippen LogP contribution < -0.4 is 10.1 Å². The third-order valence-corrected chi connectivity index (χ3v) is 4.33. The third kappa shape index (κ3) is 5.75. The van der Waals surface area contributed by atoms with E-state index in [0.29, 0.717) is 33.9 Å². The highest BCUT2D eigenvalue weighted by atomic mass is 32.2. The average molecular weight is 404 g/mol. The van der Waals surface area contributed by atoms with Crippen LogP contribution in [0.1, 0.15) is 15.9 Å². The summed E-state index contributed by atoms with van der Waals surface area (Å²) in [6.07, 6.45) is 1.54. The average Bonchev–Trinajstić information content (AvgIpc) is 2.67. The standard InChI is InChI=1S/C20H15F3N2O2S/c21-15-2-1-3-16(10-15)27-18-9-4-13(11-24-18)12-25-19(26)14-5-7-17(8-6-14)28-20(22)23/h1-11,20H,12H2,(H,25,26). The van der Waals surface area contributed by atoms with Gasteiger partial charge in [-0.25, -0.2) is 9.37 Å². The molecule has 0 spiro atoms. The number of halogens is 3. The fourth-order valence-electron chi connectivity index (χ4n) is 2.30. The number of amides is 1. The zero-order valence-corrected chi connectivity index (χ0v) is 15.3. The lowest BCUT2D eigenvalue weighted by molar-refractivity contribution is 0.0951. The van der Waals surface area contributed by atoms with Gasteiger partial charge < -0.3 is 10.1 Å². The molecule has 0 aliphatic heterocycles. The quantitative estimate of drug-likeness (QED) is 0.546. The lowest BCUT2D eigenvalue weighted by Gasteiger charge is -2.08. The fraction of sp³-hybridized carbons (Fsp3) is 0.100. The van der Waals surface area contributed by atoms with E-state index in [-0.39, 0.29) is 12.5 Å². The number of benzene rings is 2. The third-order valence-electron chi connectivity index (χ3n) is 3.61. The van der Waals surface area contributed by atoms with Crippen LogP contribution in [0.2, 0.25) is 0 Å². The minimum Gasteiger partial charge on any atom is -0.439 e. The van der Waals surface area contributed by atoms with Gasteiger partial charge >= 0.3 is 0 Å². The van der Waals surface area contributed by atoms with Gasteiger partial charge in [0.2, 0.25) is 5.88 Å². The molecule has 0 bridgehead atoms. The van der Waals surface area contributed by atoms with Gasteiger partial charge in [0.05, 0.1) is 0 Å². The Kier molecular flexibility index (Phi) is 6.54. The van der Waals surface area contributed by atoms with Gasteiger partial charge in [-0.05, 0) is 42.0 Å². The summed E-state index contributed by atoms with van der Waals surface area (Å²) in [5.74, 6) is -2.60. The highest BCUT2D eigenvalue weighted by Crippen LogP contribution is 2.25. The number of rotatable bonds is 7. The molecule has 0 aliphatic carbocycles. The van der Waals surface area contributed by atoms with Gasteiger partial charge in [-0.1, -0.05) is 23.9 Å². The summed E-state index contributed by atoms with van der Waals surface area (Å²) in [5, 5.41) is 2.73. The number of nitrogens with zero attached hydrogens (tertiary/aromatic N) is 1. The predicted molar refractivity (Wildman–Crippen MR) is 100 cm³/mol. The molecule has 0 saturated carbocycles. The number of pyridine rings is 1. The van der Waals surface area contributed by atoms with E-state index in [0.717, 1.165) is 5.56 Å². The molecule has 144 valence electrons. The number of carbonyl (C=O) groups excluding carboxylic acids is 1. The monoisotopic (exact) mass is 404 g/mol. The summed E-state index contributed by atoms with van der Waals surface area (Å²) in [5.41, 5.74) is 1.11. The van der Waals surface area contributed by atoms with Crippen LogP contribution in [0, 0.1) is 5.82 Å². The first-order valence-electron chi connectivity index (χ1n) is 8.21. The van der Waals surface area contributed by atoms with Crippen molar-refractivity contribution in [3.05, 3.63) is 83.8 Å². The van der Waals surface area contributed by atoms with Crippen LogP contribution >= 0.6 is 11.8 Å². The second kappa shape index (κ2) is 9.27. The van der Waals surface area contributed by atoms with E-state index in [1.807, 2.05) is 0 Å². The van der Waals surface area contributed by atoms with Gasteiger partial charge in [0, 0.05) is 35.3 Å². The smallest absolute Gasteiger partial charge is 0.288 e. The maximum Gasteiger partial charge on any atom is 0.288 e. The van der Waals surface area contributed by atoms with Gasteiger partial charge in [0.15, 0.2) is 0 Å². The van der Waals surface area contributed by atoms with Gasteiger partial charge in [-0.3, -0.25) is 4.79 Å². The molecular formula is C20H15F3N2O2S. The van der Waals surface area contributed by atoms with Gasteiger partial charge in [0.25, 0.3) is 11.7 Å². The highest BCUT2D eigenvalue weighted by molar-refractivity contribution is 7.99. The van der Waals surface area contributed by atoms with E-state index in [4.69, 9.17) is 4.74 Å². The molecule has 8 heteroatoms. The van der Waals surface area contributed by atoms with E-state index < -0.39 is 11.6 Å². The molecule has 1 N–H and O–H groups in total. The molecule has 0 unspecified atom stereocenters. The summed E-state index contributed by atoms with van der Waals surface area (Å²) in [4.78, 5) is 16.7. The fourth-order valence-corrected chi connectivity index (χ4v) is 2.80. The molecule has 28 heavy (non-hydrogen) atoms. The molecule has 2 aromatic carbocycles. The molecule has 0 fully saturated rings. The van der Waals surface area contributed by atoms with Crippen molar-refractivity contribution in [3.8, 4) is 11.6 Å². The van der Waals surface area contributed by atoms with Crippen molar-refractivity contribution in [3.63, 3.8) is 0 Å². The summed E-state index contributed by atoms with van der Waals surface area (Å²) in [7, 11) is 0. The van der Waals surface area contributed by atoms with Crippen molar-refractivity contribution in [2.24, 2.45) is 0 Å². The Hall–Kier alpha value is -3.00. The first kappa shape index (κ1) is 19.8. The first-order valence-corrected chi connectivity index (χ1v) is 9.09. The van der Waals surface area contributed by atoms with E-state index in [2.05, 4.69) is 10.3 Å². The number of ether oxygens (including phenoxy) is 1. The van der Waals surface area contributed by atoms with Crippen LogP contribution in [0.15, 0.2) is 71.8 Å². The van der Waals surface area contributed by atoms with Crippen molar-refractivity contribution >= 4 is 17.7 Å². The molecule has 3 aromatic rings. The number of carbonyl (C=O) groups is 1. The number of nitrogens with one attached hydrogen (secondary N) is 1. The molecule has 4 nitrogen and oxygen atoms in total. The summed E-state index contributed by atoms with van der Waals surface area (Å²) >= 11 is 0.426. The van der Waals surface area contributed by atoms with E-state index in [1.54, 1.807) is 18.2 Å². The van der Waals surface area contributed by atoms with Gasteiger partial charge in [-0.2, -0.15) is 8.78 Å². The van der Waals surface area contributed by atoms with Crippen molar-refractivity contribution in [1.82, 2.24) is 10.3 Å². The van der Waals surface area contributed by atoms with Crippen LogP contribution in [-0.2, 0) is 6.54 Å². The zero-order valence-electron chi connectivity index (χ0n) is 14.4. The van der Waals surface area contributed by atoms with Gasteiger partial charge in [-0.15, -0.1) is 0 Å². The van der Waals surface area contributed by atoms with Crippen LogP contribution in [0.4, 0.5) is 13.2 Å². The first-order chi connectivity index (χ1) is 13.5. The van der Waals surface area contributed by atoms with E-state index in [9.17, 15) is 18.0 Å². The molecule has 0 atom stereocenters. The Morgan fingerprint density at radius 2 is 1.89 bits per heavy atom. The summed E-state index contributed by atoms with van der Waals surface area (Å²) in [6, 6.07) is 15.0.